The van der Waals surface area contributed by atoms with E-state index in [4.69, 9.17) is 10.5 Å². The summed E-state index contributed by atoms with van der Waals surface area (Å²) < 4.78 is 5.81. The highest BCUT2D eigenvalue weighted by atomic mass is 16.5. The molecule has 4 N–H and O–H groups in total. The van der Waals surface area contributed by atoms with Crippen LogP contribution in [0.1, 0.15) is 19.4 Å². The Hall–Kier alpha value is -2.57. The predicted octanol–water partition coefficient (Wildman–Crippen LogP) is 2.71. The molecular weight excluding hydrogens is 328 g/mol. The molecule has 0 aliphatic carbocycles. The topological polar surface area (TPSA) is 87.1 Å². The summed E-state index contributed by atoms with van der Waals surface area (Å²) in [4.78, 5) is 20.5. The number of hydrogen-bond acceptors (Lipinski definition) is 4. The van der Waals surface area contributed by atoms with Gasteiger partial charge in [0.05, 0.1) is 23.5 Å². The molecule has 2 aromatic heterocycles. The summed E-state index contributed by atoms with van der Waals surface area (Å²) >= 11 is 0. The summed E-state index contributed by atoms with van der Waals surface area (Å²) in [6.45, 7) is 7.02. The molecule has 1 aromatic carbocycles. The molecule has 6 heteroatoms. The second kappa shape index (κ2) is 6.63. The second-order valence-electron chi connectivity index (χ2n) is 7.23. The molecule has 0 amide bonds. The summed E-state index contributed by atoms with van der Waals surface area (Å²) in [7, 11) is 0. The number of fused-ring (bicyclic) bond motifs is 1. The predicted molar refractivity (Wildman–Crippen MR) is 104 cm³/mol. The molecule has 3 heterocycles. The number of anilines is 1. The van der Waals surface area contributed by atoms with Crippen molar-refractivity contribution >= 4 is 16.6 Å². The lowest BCUT2D eigenvalue weighted by atomic mass is 10.1. The Kier molecular flexibility index (Phi) is 4.30. The highest BCUT2D eigenvalue weighted by Gasteiger charge is 2.22. The zero-order valence-corrected chi connectivity index (χ0v) is 15.1. The quantitative estimate of drug-likeness (QED) is 0.676. The molecule has 1 aliphatic heterocycles. The van der Waals surface area contributed by atoms with Gasteiger partial charge in [-0.2, -0.15) is 0 Å². The summed E-state index contributed by atoms with van der Waals surface area (Å²) in [6.07, 6.45) is 2.03. The highest BCUT2D eigenvalue weighted by molar-refractivity contribution is 5.86. The van der Waals surface area contributed by atoms with E-state index in [-0.39, 0.29) is 17.8 Å². The van der Waals surface area contributed by atoms with Crippen LogP contribution in [-0.2, 0) is 11.3 Å². The lowest BCUT2D eigenvalue weighted by Crippen LogP contribution is -2.44. The number of H-pyrrole nitrogens is 2. The summed E-state index contributed by atoms with van der Waals surface area (Å²) in [6, 6.07) is 10.1. The van der Waals surface area contributed by atoms with E-state index in [0.717, 1.165) is 36.2 Å². The Balaban J connectivity index is 1.62. The van der Waals surface area contributed by atoms with Gasteiger partial charge in [0.15, 0.2) is 0 Å². The molecule has 0 bridgehead atoms. The van der Waals surface area contributed by atoms with E-state index in [1.807, 2.05) is 6.07 Å². The summed E-state index contributed by atoms with van der Waals surface area (Å²) in [5.41, 5.74) is 9.79. The molecule has 0 radical (unpaired) electrons. The van der Waals surface area contributed by atoms with Gasteiger partial charge in [-0.1, -0.05) is 6.07 Å². The van der Waals surface area contributed by atoms with Gasteiger partial charge in [0.2, 0.25) is 0 Å². The van der Waals surface area contributed by atoms with Gasteiger partial charge in [-0.05, 0) is 43.7 Å². The van der Waals surface area contributed by atoms with Crippen LogP contribution < -0.4 is 11.3 Å². The van der Waals surface area contributed by atoms with Crippen molar-refractivity contribution in [3.63, 3.8) is 0 Å². The SMILES string of the molecule is C[C@@H]1CN(Cc2ccc3[nH]c(-c4cc(N)c[nH]c4=O)cc3c2)C[C@H](C)O1. The fourth-order valence-electron chi connectivity index (χ4n) is 3.80. The van der Waals surface area contributed by atoms with Crippen molar-refractivity contribution in [1.29, 1.82) is 0 Å². The van der Waals surface area contributed by atoms with Crippen LogP contribution in [0.2, 0.25) is 0 Å². The first-order valence-corrected chi connectivity index (χ1v) is 8.96. The van der Waals surface area contributed by atoms with Crippen LogP contribution in [0.15, 0.2) is 41.3 Å². The highest BCUT2D eigenvalue weighted by Crippen LogP contribution is 2.24. The maximum atomic E-state index is 12.1. The number of aromatic nitrogens is 2. The number of nitrogens with zero attached hydrogens (tertiary/aromatic N) is 1. The maximum absolute atomic E-state index is 12.1. The first-order chi connectivity index (χ1) is 12.5. The van der Waals surface area contributed by atoms with Gasteiger partial charge in [-0.3, -0.25) is 9.69 Å². The van der Waals surface area contributed by atoms with Gasteiger partial charge in [-0.15, -0.1) is 0 Å². The van der Waals surface area contributed by atoms with E-state index >= 15 is 0 Å². The van der Waals surface area contributed by atoms with Crippen molar-refractivity contribution in [2.45, 2.75) is 32.6 Å². The number of morpholine rings is 1. The van der Waals surface area contributed by atoms with Crippen molar-refractivity contribution in [3.8, 4) is 11.3 Å². The zero-order valence-electron chi connectivity index (χ0n) is 15.1. The largest absolute Gasteiger partial charge is 0.398 e. The van der Waals surface area contributed by atoms with Crippen LogP contribution in [0.4, 0.5) is 5.69 Å². The second-order valence-corrected chi connectivity index (χ2v) is 7.23. The molecule has 3 aromatic rings. The fraction of sp³-hybridized carbons (Fsp3) is 0.350. The standard InChI is InChI=1S/C20H24N4O2/c1-12-9-24(10-13(2)26-12)11-14-3-4-18-15(5-14)6-19(23-18)17-7-16(21)8-22-20(17)25/h3-8,12-13,23H,9-11,21H2,1-2H3,(H,22,25)/t12-,13+. The number of pyridine rings is 1. The fourth-order valence-corrected chi connectivity index (χ4v) is 3.80. The van der Waals surface area contributed by atoms with Crippen LogP contribution in [-0.4, -0.2) is 40.2 Å². The van der Waals surface area contributed by atoms with Crippen LogP contribution in [0.5, 0.6) is 0 Å². The minimum absolute atomic E-state index is 0.151. The molecule has 136 valence electrons. The van der Waals surface area contributed by atoms with Crippen molar-refractivity contribution in [3.05, 3.63) is 52.4 Å². The van der Waals surface area contributed by atoms with Crippen molar-refractivity contribution in [1.82, 2.24) is 14.9 Å². The molecular formula is C20H24N4O2. The smallest absolute Gasteiger partial charge is 0.257 e. The van der Waals surface area contributed by atoms with Crippen LogP contribution in [0, 0.1) is 0 Å². The number of benzene rings is 1. The van der Waals surface area contributed by atoms with Crippen molar-refractivity contribution < 1.29 is 4.74 Å². The Morgan fingerprint density at radius 1 is 1.19 bits per heavy atom. The van der Waals surface area contributed by atoms with Crippen molar-refractivity contribution in [2.24, 2.45) is 0 Å². The molecule has 1 saturated heterocycles. The third-order valence-electron chi connectivity index (χ3n) is 4.80. The van der Waals surface area contributed by atoms with Gasteiger partial charge < -0.3 is 20.4 Å². The molecule has 1 fully saturated rings. The van der Waals surface area contributed by atoms with Crippen LogP contribution in [0.3, 0.4) is 0 Å². The van der Waals surface area contributed by atoms with Gasteiger partial charge in [0, 0.05) is 42.4 Å². The minimum atomic E-state index is -0.151. The van der Waals surface area contributed by atoms with E-state index in [2.05, 4.69) is 46.9 Å². The average Bonchev–Trinajstić information content (AvgIpc) is 2.99. The number of rotatable bonds is 3. The minimum Gasteiger partial charge on any atom is -0.398 e. The maximum Gasteiger partial charge on any atom is 0.257 e. The number of hydrogen-bond donors (Lipinski definition) is 3. The average molecular weight is 352 g/mol. The first-order valence-electron chi connectivity index (χ1n) is 8.96. The van der Waals surface area contributed by atoms with Gasteiger partial charge in [0.1, 0.15) is 0 Å². The molecule has 26 heavy (non-hydrogen) atoms. The molecule has 0 spiro atoms. The van der Waals surface area contributed by atoms with Crippen LogP contribution in [0.25, 0.3) is 22.2 Å². The normalized spacial score (nSPS) is 21.3. The third-order valence-corrected chi connectivity index (χ3v) is 4.80. The zero-order chi connectivity index (χ0) is 18.3. The van der Waals surface area contributed by atoms with E-state index in [1.54, 1.807) is 6.07 Å². The van der Waals surface area contributed by atoms with Crippen molar-refractivity contribution in [2.75, 3.05) is 18.8 Å². The first kappa shape index (κ1) is 16.9. The van der Waals surface area contributed by atoms with Gasteiger partial charge in [0.25, 0.3) is 5.56 Å². The summed E-state index contributed by atoms with van der Waals surface area (Å²) in [5.74, 6) is 0. The molecule has 2 atom stereocenters. The lowest BCUT2D eigenvalue weighted by molar-refractivity contribution is -0.0704. The third kappa shape index (κ3) is 3.38. The summed E-state index contributed by atoms with van der Waals surface area (Å²) in [5, 5.41) is 1.09. The monoisotopic (exact) mass is 352 g/mol. The lowest BCUT2D eigenvalue weighted by Gasteiger charge is -2.35. The van der Waals surface area contributed by atoms with Gasteiger partial charge in [-0.25, -0.2) is 0 Å². The Bertz CT molecular complexity index is 981. The Morgan fingerprint density at radius 2 is 1.96 bits per heavy atom. The van der Waals surface area contributed by atoms with E-state index < -0.39 is 0 Å². The number of nitrogens with one attached hydrogen (secondary N) is 2. The molecule has 6 nitrogen and oxygen atoms in total. The molecule has 0 unspecified atom stereocenters. The number of aromatic amines is 2. The number of ether oxygens (including phenoxy) is 1. The number of nitrogens with two attached hydrogens (primary N) is 1. The van der Waals surface area contributed by atoms with Crippen LogP contribution >= 0.6 is 0 Å². The van der Waals surface area contributed by atoms with E-state index in [1.165, 1.54) is 11.8 Å². The van der Waals surface area contributed by atoms with E-state index in [0.29, 0.717) is 11.3 Å². The number of nitrogen functional groups attached to an aromatic ring is 1. The molecule has 1 aliphatic rings. The van der Waals surface area contributed by atoms with E-state index in [9.17, 15) is 4.79 Å². The van der Waals surface area contributed by atoms with Gasteiger partial charge >= 0.3 is 0 Å². The Morgan fingerprint density at radius 3 is 2.73 bits per heavy atom. The molecule has 0 saturated carbocycles. The molecule has 4 rings (SSSR count). The Labute approximate surface area is 152 Å².